The molecule has 4 heteroatoms. The van der Waals surface area contributed by atoms with E-state index in [0.717, 1.165) is 19.4 Å². The van der Waals surface area contributed by atoms with Crippen LogP contribution in [0.5, 0.6) is 0 Å². The molecule has 0 saturated carbocycles. The first-order valence-electron chi connectivity index (χ1n) is 5.34. The largest absolute Gasteiger partial charge is 0.347 e. The molecule has 1 fully saturated rings. The molecule has 3 nitrogen and oxygen atoms in total. The van der Waals surface area contributed by atoms with Crippen molar-refractivity contribution in [3.05, 3.63) is 22.4 Å². The molecule has 15 heavy (non-hydrogen) atoms. The minimum Gasteiger partial charge on any atom is -0.347 e. The molecule has 1 aliphatic heterocycles. The summed E-state index contributed by atoms with van der Waals surface area (Å²) >= 11 is 1.68. The smallest absolute Gasteiger partial charge is 0.237 e. The molecule has 0 bridgehead atoms. The lowest BCUT2D eigenvalue weighted by molar-refractivity contribution is -0.123. The van der Waals surface area contributed by atoms with Crippen LogP contribution >= 0.6 is 11.3 Å². The fraction of sp³-hybridized carbons (Fsp3) is 0.545. The molecule has 82 valence electrons. The number of amides is 1. The van der Waals surface area contributed by atoms with Gasteiger partial charge in [0.05, 0.1) is 12.1 Å². The zero-order chi connectivity index (χ0) is 10.7. The van der Waals surface area contributed by atoms with Crippen molar-refractivity contribution in [1.29, 1.82) is 0 Å². The van der Waals surface area contributed by atoms with E-state index in [0.29, 0.717) is 0 Å². The van der Waals surface area contributed by atoms with Crippen LogP contribution < -0.4 is 10.6 Å². The Morgan fingerprint density at radius 1 is 1.73 bits per heavy atom. The summed E-state index contributed by atoms with van der Waals surface area (Å²) in [5, 5.41) is 8.27. The van der Waals surface area contributed by atoms with Gasteiger partial charge in [-0.1, -0.05) is 6.07 Å². The Morgan fingerprint density at radius 2 is 2.60 bits per heavy atom. The van der Waals surface area contributed by atoms with E-state index in [1.807, 2.05) is 18.4 Å². The molecular weight excluding hydrogens is 208 g/mol. The van der Waals surface area contributed by atoms with Crippen LogP contribution in [0.25, 0.3) is 0 Å². The highest BCUT2D eigenvalue weighted by molar-refractivity contribution is 7.10. The van der Waals surface area contributed by atoms with Crippen LogP contribution in [0, 0.1) is 0 Å². The Bertz CT molecular complexity index is 317. The van der Waals surface area contributed by atoms with E-state index >= 15 is 0 Å². The van der Waals surface area contributed by atoms with Crippen molar-refractivity contribution in [3.63, 3.8) is 0 Å². The second-order valence-corrected chi connectivity index (χ2v) is 4.87. The topological polar surface area (TPSA) is 41.1 Å². The van der Waals surface area contributed by atoms with Gasteiger partial charge in [0.1, 0.15) is 0 Å². The molecule has 2 heterocycles. The average Bonchev–Trinajstić information content (AvgIpc) is 2.91. The van der Waals surface area contributed by atoms with Crippen LogP contribution in [-0.2, 0) is 4.79 Å². The van der Waals surface area contributed by atoms with Crippen molar-refractivity contribution in [1.82, 2.24) is 10.6 Å². The molecule has 2 atom stereocenters. The molecule has 0 aromatic carbocycles. The molecule has 0 aliphatic carbocycles. The van der Waals surface area contributed by atoms with Gasteiger partial charge in [0, 0.05) is 4.88 Å². The third-order valence-corrected chi connectivity index (χ3v) is 3.76. The predicted molar refractivity (Wildman–Crippen MR) is 61.9 cm³/mol. The highest BCUT2D eigenvalue weighted by atomic mass is 32.1. The number of hydrogen-bond acceptors (Lipinski definition) is 3. The van der Waals surface area contributed by atoms with Crippen molar-refractivity contribution in [2.24, 2.45) is 0 Å². The lowest BCUT2D eigenvalue weighted by atomic mass is 10.2. The lowest BCUT2D eigenvalue weighted by Gasteiger charge is -2.15. The van der Waals surface area contributed by atoms with Crippen LogP contribution in [0.4, 0.5) is 0 Å². The van der Waals surface area contributed by atoms with Gasteiger partial charge in [0.15, 0.2) is 0 Å². The summed E-state index contributed by atoms with van der Waals surface area (Å²) in [5.74, 6) is 0.133. The summed E-state index contributed by atoms with van der Waals surface area (Å²) in [6, 6.07) is 4.21. The van der Waals surface area contributed by atoms with Crippen molar-refractivity contribution in [2.75, 3.05) is 6.54 Å². The lowest BCUT2D eigenvalue weighted by Crippen LogP contribution is -2.41. The van der Waals surface area contributed by atoms with E-state index in [9.17, 15) is 4.79 Å². The molecule has 1 unspecified atom stereocenters. The zero-order valence-corrected chi connectivity index (χ0v) is 9.64. The SMILES string of the molecule is CC(NC(=O)[C@H]1CCCN1)c1cccs1. The van der Waals surface area contributed by atoms with Crippen molar-refractivity contribution >= 4 is 17.2 Å². The molecule has 0 radical (unpaired) electrons. The van der Waals surface area contributed by atoms with Gasteiger partial charge < -0.3 is 10.6 Å². The maximum Gasteiger partial charge on any atom is 0.237 e. The monoisotopic (exact) mass is 224 g/mol. The Balaban J connectivity index is 1.88. The fourth-order valence-corrected chi connectivity index (χ4v) is 2.57. The van der Waals surface area contributed by atoms with Gasteiger partial charge in [-0.25, -0.2) is 0 Å². The Labute approximate surface area is 93.9 Å². The fourth-order valence-electron chi connectivity index (χ4n) is 1.83. The van der Waals surface area contributed by atoms with Crippen LogP contribution in [0.2, 0.25) is 0 Å². The summed E-state index contributed by atoms with van der Waals surface area (Å²) in [5.41, 5.74) is 0. The predicted octanol–water partition coefficient (Wildman–Crippen LogP) is 1.68. The third kappa shape index (κ3) is 2.58. The van der Waals surface area contributed by atoms with Crippen molar-refractivity contribution < 1.29 is 4.79 Å². The van der Waals surface area contributed by atoms with Gasteiger partial charge in [-0.3, -0.25) is 4.79 Å². The highest BCUT2D eigenvalue weighted by Crippen LogP contribution is 2.18. The van der Waals surface area contributed by atoms with Crippen molar-refractivity contribution in [2.45, 2.75) is 31.8 Å². The normalized spacial score (nSPS) is 22.6. The second kappa shape index (κ2) is 4.77. The first-order valence-corrected chi connectivity index (χ1v) is 6.22. The molecule has 2 rings (SSSR count). The second-order valence-electron chi connectivity index (χ2n) is 3.89. The minimum atomic E-state index is 0.0208. The Morgan fingerprint density at radius 3 is 3.20 bits per heavy atom. The number of hydrogen-bond donors (Lipinski definition) is 2. The molecule has 1 saturated heterocycles. The molecule has 2 N–H and O–H groups in total. The van der Waals surface area contributed by atoms with Gasteiger partial charge in [0.2, 0.25) is 5.91 Å². The standard InChI is InChI=1S/C11H16N2OS/c1-8(10-5-3-7-15-10)13-11(14)9-4-2-6-12-9/h3,5,7-9,12H,2,4,6H2,1H3,(H,13,14)/t8?,9-/m1/s1. The van der Waals surface area contributed by atoms with Gasteiger partial charge >= 0.3 is 0 Å². The summed E-state index contributed by atoms with van der Waals surface area (Å²) in [7, 11) is 0. The van der Waals surface area contributed by atoms with Crippen LogP contribution in [0.15, 0.2) is 17.5 Å². The van der Waals surface area contributed by atoms with Gasteiger partial charge in [-0.05, 0) is 37.8 Å². The maximum absolute atomic E-state index is 11.8. The summed E-state index contributed by atoms with van der Waals surface area (Å²) in [4.78, 5) is 13.0. The average molecular weight is 224 g/mol. The molecule has 0 spiro atoms. The molecule has 1 amide bonds. The van der Waals surface area contributed by atoms with E-state index in [2.05, 4.69) is 16.7 Å². The van der Waals surface area contributed by atoms with Gasteiger partial charge in [-0.2, -0.15) is 0 Å². The number of carbonyl (C=O) groups is 1. The van der Waals surface area contributed by atoms with Crippen LogP contribution in [0.3, 0.4) is 0 Å². The molecule has 1 aliphatic rings. The van der Waals surface area contributed by atoms with Crippen molar-refractivity contribution in [3.8, 4) is 0 Å². The summed E-state index contributed by atoms with van der Waals surface area (Å²) in [6.07, 6.45) is 2.06. The first-order chi connectivity index (χ1) is 7.27. The zero-order valence-electron chi connectivity index (χ0n) is 8.82. The molecule has 1 aromatic heterocycles. The molecule has 1 aromatic rings. The number of nitrogens with one attached hydrogen (secondary N) is 2. The minimum absolute atomic E-state index is 0.0208. The third-order valence-electron chi connectivity index (χ3n) is 2.71. The van der Waals surface area contributed by atoms with Crippen LogP contribution in [0.1, 0.15) is 30.7 Å². The van der Waals surface area contributed by atoms with Gasteiger partial charge in [-0.15, -0.1) is 11.3 Å². The van der Waals surface area contributed by atoms with E-state index in [1.54, 1.807) is 11.3 Å². The number of thiophene rings is 1. The number of rotatable bonds is 3. The van der Waals surface area contributed by atoms with Gasteiger partial charge in [0.25, 0.3) is 0 Å². The number of carbonyl (C=O) groups excluding carboxylic acids is 1. The Kier molecular flexibility index (Phi) is 3.38. The van der Waals surface area contributed by atoms with E-state index in [4.69, 9.17) is 0 Å². The highest BCUT2D eigenvalue weighted by Gasteiger charge is 2.23. The quantitative estimate of drug-likeness (QED) is 0.820. The Hall–Kier alpha value is -0.870. The first kappa shape index (κ1) is 10.6. The summed E-state index contributed by atoms with van der Waals surface area (Å²) < 4.78 is 0. The van der Waals surface area contributed by atoms with E-state index in [1.165, 1.54) is 4.88 Å². The maximum atomic E-state index is 11.8. The molecular formula is C11H16N2OS. The summed E-state index contributed by atoms with van der Waals surface area (Å²) in [6.45, 7) is 2.99. The van der Waals surface area contributed by atoms with E-state index in [-0.39, 0.29) is 18.0 Å². The van der Waals surface area contributed by atoms with E-state index < -0.39 is 0 Å². The van der Waals surface area contributed by atoms with Crippen LogP contribution in [-0.4, -0.2) is 18.5 Å².